The zero-order valence-corrected chi connectivity index (χ0v) is 5.94. The van der Waals surface area contributed by atoms with Crippen LogP contribution in [0.15, 0.2) is 19.0 Å². The maximum Gasteiger partial charge on any atom is 0.120 e. The molecule has 60 valence electrons. The van der Waals surface area contributed by atoms with E-state index in [4.69, 9.17) is 5.11 Å². The van der Waals surface area contributed by atoms with Crippen LogP contribution in [-0.2, 0) is 0 Å². The molecule has 0 aliphatic carbocycles. The average molecular weight is 156 g/mol. The summed E-state index contributed by atoms with van der Waals surface area (Å²) in [5, 5.41) is 12.8. The second kappa shape index (κ2) is 3.30. The Kier molecular flexibility index (Phi) is 2.38. The van der Waals surface area contributed by atoms with Gasteiger partial charge < -0.3 is 5.11 Å². The number of halogens is 1. The van der Waals surface area contributed by atoms with Crippen LogP contribution in [0, 0.1) is 0 Å². The van der Waals surface area contributed by atoms with Gasteiger partial charge in [0.05, 0.1) is 6.20 Å². The van der Waals surface area contributed by atoms with E-state index in [0.717, 1.165) is 0 Å². The van der Waals surface area contributed by atoms with Crippen LogP contribution in [0.25, 0.3) is 6.20 Å². The summed E-state index contributed by atoms with van der Waals surface area (Å²) in [6.45, 7) is 2.67. The third-order valence-corrected chi connectivity index (χ3v) is 1.34. The molecule has 1 heterocycles. The van der Waals surface area contributed by atoms with E-state index in [0.29, 0.717) is 5.56 Å². The standard InChI is InChI=1S/C7H9FN2O/c1-2-10-5-6(4-9-10)7(11)3-8/h2,4-5,7,11H,1,3H2. The van der Waals surface area contributed by atoms with Gasteiger partial charge in [-0.15, -0.1) is 0 Å². The Morgan fingerprint density at radius 2 is 2.64 bits per heavy atom. The number of aliphatic hydroxyl groups is 1. The van der Waals surface area contributed by atoms with Crippen LogP contribution in [0.1, 0.15) is 11.7 Å². The van der Waals surface area contributed by atoms with E-state index in [9.17, 15) is 4.39 Å². The van der Waals surface area contributed by atoms with Crippen LogP contribution < -0.4 is 0 Å². The molecule has 1 N–H and O–H groups in total. The van der Waals surface area contributed by atoms with Crippen molar-refractivity contribution in [2.45, 2.75) is 6.10 Å². The molecule has 0 fully saturated rings. The van der Waals surface area contributed by atoms with E-state index in [2.05, 4.69) is 11.7 Å². The van der Waals surface area contributed by atoms with Crippen molar-refractivity contribution in [3.8, 4) is 0 Å². The van der Waals surface area contributed by atoms with E-state index in [1.807, 2.05) is 0 Å². The first-order valence-corrected chi connectivity index (χ1v) is 3.18. The third kappa shape index (κ3) is 1.65. The Hall–Kier alpha value is -1.16. The van der Waals surface area contributed by atoms with Crippen molar-refractivity contribution < 1.29 is 9.50 Å². The summed E-state index contributed by atoms with van der Waals surface area (Å²) < 4.78 is 13.3. The summed E-state index contributed by atoms with van der Waals surface area (Å²) in [5.74, 6) is 0. The van der Waals surface area contributed by atoms with Gasteiger partial charge in [-0.05, 0) is 0 Å². The number of rotatable bonds is 3. The van der Waals surface area contributed by atoms with Crippen LogP contribution in [-0.4, -0.2) is 21.6 Å². The smallest absolute Gasteiger partial charge is 0.120 e. The van der Waals surface area contributed by atoms with Crippen molar-refractivity contribution in [3.05, 3.63) is 24.5 Å². The van der Waals surface area contributed by atoms with Crippen molar-refractivity contribution in [2.24, 2.45) is 0 Å². The number of nitrogens with zero attached hydrogens (tertiary/aromatic N) is 2. The van der Waals surface area contributed by atoms with Gasteiger partial charge in [0, 0.05) is 18.0 Å². The Balaban J connectivity index is 2.79. The van der Waals surface area contributed by atoms with Gasteiger partial charge in [-0.1, -0.05) is 6.58 Å². The molecule has 1 aromatic rings. The van der Waals surface area contributed by atoms with Crippen LogP contribution in [0.5, 0.6) is 0 Å². The van der Waals surface area contributed by atoms with Gasteiger partial charge in [-0.25, -0.2) is 9.07 Å². The molecular weight excluding hydrogens is 147 g/mol. The predicted octanol–water partition coefficient (Wildman–Crippen LogP) is 0.986. The van der Waals surface area contributed by atoms with Gasteiger partial charge >= 0.3 is 0 Å². The Labute approximate surface area is 63.8 Å². The first kappa shape index (κ1) is 7.94. The lowest BCUT2D eigenvalue weighted by molar-refractivity contribution is 0.142. The van der Waals surface area contributed by atoms with Gasteiger partial charge in [-0.3, -0.25) is 0 Å². The zero-order chi connectivity index (χ0) is 8.27. The molecule has 4 heteroatoms. The van der Waals surface area contributed by atoms with Gasteiger partial charge in [0.15, 0.2) is 0 Å². The Morgan fingerprint density at radius 1 is 1.91 bits per heavy atom. The number of alkyl halides is 1. The highest BCUT2D eigenvalue weighted by Crippen LogP contribution is 2.11. The third-order valence-electron chi connectivity index (χ3n) is 1.34. The second-order valence-electron chi connectivity index (χ2n) is 2.11. The van der Waals surface area contributed by atoms with E-state index in [1.54, 1.807) is 0 Å². The average Bonchev–Trinajstić information content (AvgIpc) is 2.50. The van der Waals surface area contributed by atoms with E-state index in [-0.39, 0.29) is 0 Å². The highest BCUT2D eigenvalue weighted by molar-refractivity contribution is 5.19. The molecule has 0 radical (unpaired) electrons. The Morgan fingerprint density at radius 3 is 3.09 bits per heavy atom. The highest BCUT2D eigenvalue weighted by atomic mass is 19.1. The largest absolute Gasteiger partial charge is 0.386 e. The van der Waals surface area contributed by atoms with Crippen LogP contribution in [0.2, 0.25) is 0 Å². The summed E-state index contributed by atoms with van der Waals surface area (Å²) in [7, 11) is 0. The van der Waals surface area contributed by atoms with Crippen LogP contribution >= 0.6 is 0 Å². The van der Waals surface area contributed by atoms with Gasteiger partial charge in [-0.2, -0.15) is 5.10 Å². The molecule has 0 aliphatic rings. The van der Waals surface area contributed by atoms with Crippen LogP contribution in [0.4, 0.5) is 4.39 Å². The number of hydrogen-bond acceptors (Lipinski definition) is 2. The number of aromatic nitrogens is 2. The second-order valence-corrected chi connectivity index (χ2v) is 2.11. The zero-order valence-electron chi connectivity index (χ0n) is 5.94. The van der Waals surface area contributed by atoms with E-state index >= 15 is 0 Å². The van der Waals surface area contributed by atoms with Crippen LogP contribution in [0.3, 0.4) is 0 Å². The molecule has 0 spiro atoms. The summed E-state index contributed by atoms with van der Waals surface area (Å²) in [6, 6.07) is 0. The Bertz CT molecular complexity index is 246. The predicted molar refractivity (Wildman–Crippen MR) is 39.5 cm³/mol. The molecule has 1 rings (SSSR count). The number of hydrogen-bond donors (Lipinski definition) is 1. The maximum atomic E-state index is 11.9. The monoisotopic (exact) mass is 156 g/mol. The lowest BCUT2D eigenvalue weighted by Crippen LogP contribution is -1.96. The van der Waals surface area contributed by atoms with Crippen molar-refractivity contribution in [3.63, 3.8) is 0 Å². The normalized spacial score (nSPS) is 12.9. The van der Waals surface area contributed by atoms with Gasteiger partial charge in [0.25, 0.3) is 0 Å². The summed E-state index contributed by atoms with van der Waals surface area (Å²) in [5.41, 5.74) is 0.465. The van der Waals surface area contributed by atoms with Gasteiger partial charge in [0.1, 0.15) is 12.8 Å². The minimum Gasteiger partial charge on any atom is -0.386 e. The lowest BCUT2D eigenvalue weighted by Gasteiger charge is -1.99. The summed E-state index contributed by atoms with van der Waals surface area (Å²) >= 11 is 0. The molecule has 1 atom stereocenters. The van der Waals surface area contributed by atoms with Crippen molar-refractivity contribution in [1.82, 2.24) is 9.78 Å². The topological polar surface area (TPSA) is 38.0 Å². The molecule has 11 heavy (non-hydrogen) atoms. The number of aliphatic hydroxyl groups excluding tert-OH is 1. The minimum atomic E-state index is -1.07. The molecule has 0 saturated heterocycles. The quantitative estimate of drug-likeness (QED) is 0.708. The molecule has 0 bridgehead atoms. The molecule has 0 amide bonds. The summed E-state index contributed by atoms with van der Waals surface area (Å²) in [6.07, 6.45) is 3.33. The fourth-order valence-corrected chi connectivity index (χ4v) is 0.714. The maximum absolute atomic E-state index is 11.9. The highest BCUT2D eigenvalue weighted by Gasteiger charge is 2.07. The fraction of sp³-hybridized carbons (Fsp3) is 0.286. The molecule has 1 unspecified atom stereocenters. The molecule has 0 aromatic carbocycles. The minimum absolute atomic E-state index is 0.465. The lowest BCUT2D eigenvalue weighted by atomic mass is 10.2. The van der Waals surface area contributed by atoms with Crippen molar-refractivity contribution >= 4 is 6.20 Å². The fourth-order valence-electron chi connectivity index (χ4n) is 0.714. The van der Waals surface area contributed by atoms with Crippen molar-refractivity contribution in [1.29, 1.82) is 0 Å². The SMILES string of the molecule is C=Cn1cc(C(O)CF)cn1. The molecule has 0 saturated carbocycles. The molecular formula is C7H9FN2O. The molecule has 3 nitrogen and oxygen atoms in total. The van der Waals surface area contributed by atoms with Crippen molar-refractivity contribution in [2.75, 3.05) is 6.67 Å². The first-order chi connectivity index (χ1) is 5.27. The van der Waals surface area contributed by atoms with Gasteiger partial charge in [0.2, 0.25) is 0 Å². The summed E-state index contributed by atoms with van der Waals surface area (Å²) in [4.78, 5) is 0. The van der Waals surface area contributed by atoms with E-state index in [1.165, 1.54) is 23.3 Å². The van der Waals surface area contributed by atoms with E-state index < -0.39 is 12.8 Å². The molecule has 1 aromatic heterocycles. The molecule has 0 aliphatic heterocycles. The first-order valence-electron chi connectivity index (χ1n) is 3.18.